The van der Waals surface area contributed by atoms with Crippen LogP contribution < -0.4 is 15.4 Å². The van der Waals surface area contributed by atoms with E-state index in [-0.39, 0.29) is 5.91 Å². The summed E-state index contributed by atoms with van der Waals surface area (Å²) in [7, 11) is -3.42. The van der Waals surface area contributed by atoms with Gasteiger partial charge in [-0.1, -0.05) is 6.92 Å². The minimum absolute atomic E-state index is 0.0838. The highest BCUT2D eigenvalue weighted by molar-refractivity contribution is 7.91. The summed E-state index contributed by atoms with van der Waals surface area (Å²) in [5, 5.41) is 5.74. The van der Waals surface area contributed by atoms with Crippen LogP contribution in [0.4, 0.5) is 0 Å². The second-order valence-corrected chi connectivity index (χ2v) is 7.37. The second-order valence-electron chi connectivity index (χ2n) is 4.21. The highest BCUT2D eigenvalue weighted by Crippen LogP contribution is 2.21. The maximum atomic E-state index is 12.0. The van der Waals surface area contributed by atoms with Gasteiger partial charge >= 0.3 is 0 Å². The molecule has 114 valence electrons. The Morgan fingerprint density at radius 1 is 1.25 bits per heavy atom. The topological polar surface area (TPSA) is 87.3 Å². The van der Waals surface area contributed by atoms with Crippen LogP contribution in [0.25, 0.3) is 0 Å². The first-order valence-electron chi connectivity index (χ1n) is 6.49. The summed E-state index contributed by atoms with van der Waals surface area (Å²) in [4.78, 5) is 11.7. The van der Waals surface area contributed by atoms with Crippen molar-refractivity contribution < 1.29 is 13.2 Å². The smallest absolute Gasteiger partial charge is 0.250 e. The number of thiophene rings is 1. The number of sulfonamides is 1. The van der Waals surface area contributed by atoms with E-state index in [9.17, 15) is 13.2 Å². The lowest BCUT2D eigenvalue weighted by molar-refractivity contribution is -0.118. The molecular weight excluding hydrogens is 298 g/mol. The molecule has 8 heteroatoms. The van der Waals surface area contributed by atoms with Gasteiger partial charge < -0.3 is 10.6 Å². The number of nitrogens with one attached hydrogen (secondary N) is 3. The van der Waals surface area contributed by atoms with Gasteiger partial charge in [0.1, 0.15) is 4.21 Å². The second kappa shape index (κ2) is 8.35. The van der Waals surface area contributed by atoms with Crippen molar-refractivity contribution in [3.05, 3.63) is 17.0 Å². The Morgan fingerprint density at radius 2 is 2.00 bits per heavy atom. The van der Waals surface area contributed by atoms with Crippen molar-refractivity contribution in [3.8, 4) is 0 Å². The molecule has 1 rings (SSSR count). The van der Waals surface area contributed by atoms with Gasteiger partial charge in [-0.05, 0) is 25.1 Å². The predicted molar refractivity (Wildman–Crippen MR) is 80.4 cm³/mol. The van der Waals surface area contributed by atoms with E-state index < -0.39 is 10.0 Å². The molecule has 0 saturated heterocycles. The molecule has 0 aliphatic heterocycles. The first kappa shape index (κ1) is 17.1. The summed E-state index contributed by atoms with van der Waals surface area (Å²) >= 11 is 1.23. The fraction of sp³-hybridized carbons (Fsp3) is 0.583. The molecule has 20 heavy (non-hydrogen) atoms. The van der Waals surface area contributed by atoms with E-state index in [0.29, 0.717) is 30.3 Å². The summed E-state index contributed by atoms with van der Waals surface area (Å²) in [6.45, 7) is 5.73. The van der Waals surface area contributed by atoms with E-state index >= 15 is 0 Å². The van der Waals surface area contributed by atoms with Crippen LogP contribution in [-0.2, 0) is 21.2 Å². The molecule has 0 atom stereocenters. The van der Waals surface area contributed by atoms with Crippen molar-refractivity contribution in [1.29, 1.82) is 0 Å². The number of hydrogen-bond acceptors (Lipinski definition) is 5. The first-order valence-corrected chi connectivity index (χ1v) is 8.79. The number of amides is 1. The number of carbonyl (C=O) groups is 1. The molecule has 3 N–H and O–H groups in total. The Kier molecular flexibility index (Phi) is 7.14. The van der Waals surface area contributed by atoms with Crippen LogP contribution in [-0.4, -0.2) is 40.5 Å². The van der Waals surface area contributed by atoms with Crippen LogP contribution in [0.15, 0.2) is 16.3 Å². The van der Waals surface area contributed by atoms with Crippen molar-refractivity contribution in [3.63, 3.8) is 0 Å². The Hall–Kier alpha value is -0.960. The molecule has 0 bridgehead atoms. The molecule has 1 aromatic rings. The fourth-order valence-electron chi connectivity index (χ4n) is 1.52. The largest absolute Gasteiger partial charge is 0.356 e. The number of hydrogen-bond donors (Lipinski definition) is 3. The summed E-state index contributed by atoms with van der Waals surface area (Å²) < 4.78 is 26.8. The maximum absolute atomic E-state index is 12.0. The Balaban J connectivity index is 2.50. The van der Waals surface area contributed by atoms with Gasteiger partial charge in [0.25, 0.3) is 0 Å². The molecule has 0 spiro atoms. The molecule has 0 fully saturated rings. The van der Waals surface area contributed by atoms with Crippen LogP contribution in [0.5, 0.6) is 0 Å². The fourth-order valence-corrected chi connectivity index (χ4v) is 3.95. The van der Waals surface area contributed by atoms with Gasteiger partial charge in [-0.25, -0.2) is 13.1 Å². The average Bonchev–Trinajstić information content (AvgIpc) is 2.84. The van der Waals surface area contributed by atoms with Gasteiger partial charge in [0, 0.05) is 31.4 Å². The maximum Gasteiger partial charge on any atom is 0.250 e. The predicted octanol–water partition coefficient (Wildman–Crippen LogP) is 0.315. The van der Waals surface area contributed by atoms with E-state index in [4.69, 9.17) is 0 Å². The van der Waals surface area contributed by atoms with Gasteiger partial charge in [0.15, 0.2) is 0 Å². The molecule has 6 nitrogen and oxygen atoms in total. The number of likely N-dealkylation sites (N-methyl/N-ethyl adjacent to an activating group) is 1. The molecule has 0 aliphatic carbocycles. The minimum Gasteiger partial charge on any atom is -0.356 e. The molecular formula is C12H21N3O3S2. The quantitative estimate of drug-likeness (QED) is 0.572. The van der Waals surface area contributed by atoms with Gasteiger partial charge in [0.05, 0.1) is 0 Å². The highest BCUT2D eigenvalue weighted by Gasteiger charge is 2.15. The van der Waals surface area contributed by atoms with Crippen LogP contribution in [0.1, 0.15) is 18.7 Å². The van der Waals surface area contributed by atoms with E-state index in [1.54, 1.807) is 12.1 Å². The van der Waals surface area contributed by atoms with E-state index in [1.807, 2.05) is 6.92 Å². The number of rotatable bonds is 9. The average molecular weight is 319 g/mol. The summed E-state index contributed by atoms with van der Waals surface area (Å²) in [5.41, 5.74) is 0. The van der Waals surface area contributed by atoms with Gasteiger partial charge in [-0.15, -0.1) is 11.3 Å². The molecule has 1 heterocycles. The summed E-state index contributed by atoms with van der Waals surface area (Å²) in [6.07, 6.45) is 0.636. The molecule has 1 aromatic heterocycles. The van der Waals surface area contributed by atoms with Crippen molar-refractivity contribution in [1.82, 2.24) is 15.4 Å². The zero-order chi connectivity index (χ0) is 15.0. The standard InChI is InChI=1S/C12H21N3O3S2/c1-3-13-8-9-15-20(17,18)12-5-4-11(19-12)6-7-14-10(2)16/h4-5,13,15H,3,6-9H2,1-2H3,(H,14,16). The van der Waals surface area contributed by atoms with Crippen molar-refractivity contribution >= 4 is 27.3 Å². The van der Waals surface area contributed by atoms with Crippen molar-refractivity contribution in [2.24, 2.45) is 0 Å². The minimum atomic E-state index is -3.42. The van der Waals surface area contributed by atoms with Gasteiger partial charge in [-0.3, -0.25) is 4.79 Å². The molecule has 0 saturated carbocycles. The summed E-state index contributed by atoms with van der Waals surface area (Å²) in [6, 6.07) is 3.38. The zero-order valence-corrected chi connectivity index (χ0v) is 13.4. The Morgan fingerprint density at radius 3 is 2.65 bits per heavy atom. The Bertz CT molecular complexity index is 526. The van der Waals surface area contributed by atoms with E-state index in [1.165, 1.54) is 18.3 Å². The van der Waals surface area contributed by atoms with Crippen LogP contribution in [0, 0.1) is 0 Å². The first-order chi connectivity index (χ1) is 9.45. The van der Waals surface area contributed by atoms with Gasteiger partial charge in [0.2, 0.25) is 15.9 Å². The van der Waals surface area contributed by atoms with Crippen LogP contribution >= 0.6 is 11.3 Å². The third kappa shape index (κ3) is 6.00. The lowest BCUT2D eigenvalue weighted by Gasteiger charge is -2.04. The highest BCUT2D eigenvalue weighted by atomic mass is 32.2. The SMILES string of the molecule is CCNCCNS(=O)(=O)c1ccc(CCNC(C)=O)s1. The third-order valence-electron chi connectivity index (χ3n) is 2.49. The zero-order valence-electron chi connectivity index (χ0n) is 11.7. The Labute approximate surface area is 124 Å². The van der Waals surface area contributed by atoms with Crippen molar-refractivity contribution in [2.45, 2.75) is 24.5 Å². The van der Waals surface area contributed by atoms with Crippen LogP contribution in [0.3, 0.4) is 0 Å². The molecule has 0 unspecified atom stereocenters. The monoisotopic (exact) mass is 319 g/mol. The normalized spacial score (nSPS) is 11.5. The van der Waals surface area contributed by atoms with Crippen molar-refractivity contribution in [2.75, 3.05) is 26.2 Å². The lowest BCUT2D eigenvalue weighted by Crippen LogP contribution is -2.31. The van der Waals surface area contributed by atoms with E-state index in [2.05, 4.69) is 15.4 Å². The number of carbonyl (C=O) groups excluding carboxylic acids is 1. The molecule has 0 radical (unpaired) electrons. The lowest BCUT2D eigenvalue weighted by atomic mass is 10.3. The third-order valence-corrected chi connectivity index (χ3v) is 5.59. The molecule has 0 aliphatic rings. The molecule has 0 aromatic carbocycles. The molecule has 1 amide bonds. The van der Waals surface area contributed by atoms with E-state index in [0.717, 1.165) is 11.4 Å². The van der Waals surface area contributed by atoms with Crippen LogP contribution in [0.2, 0.25) is 0 Å². The van der Waals surface area contributed by atoms with Gasteiger partial charge in [-0.2, -0.15) is 0 Å². The summed E-state index contributed by atoms with van der Waals surface area (Å²) in [5.74, 6) is -0.0838.